The molecule has 0 bridgehead atoms. The Labute approximate surface area is 268 Å². The molecule has 0 aliphatic heterocycles. The van der Waals surface area contributed by atoms with E-state index in [-0.39, 0.29) is 53.4 Å². The summed E-state index contributed by atoms with van der Waals surface area (Å²) < 4.78 is 0. The molecule has 0 aliphatic carbocycles. The predicted octanol–water partition coefficient (Wildman–Crippen LogP) is 8.81. The molecule has 0 amide bonds. The molecule has 242 valence electrons. The molecule has 3 aromatic rings. The number of unbranched alkanes of at least 4 members (excludes halogenated alkanes) is 5. The molecular weight excluding hydrogens is 564 g/mol. The maximum Gasteiger partial charge on any atom is 0.140 e. The van der Waals surface area contributed by atoms with Crippen molar-refractivity contribution in [1.82, 2.24) is 0 Å². The third-order valence-corrected chi connectivity index (χ3v) is 8.82. The highest BCUT2D eigenvalue weighted by Gasteiger charge is 2.42. The molecule has 0 spiro atoms. The molecule has 3 N–H and O–H groups in total. The van der Waals surface area contributed by atoms with Gasteiger partial charge in [0.15, 0.2) is 0 Å². The zero-order chi connectivity index (χ0) is 32.8. The molecule has 6 heteroatoms. The fourth-order valence-corrected chi connectivity index (χ4v) is 6.45. The Hall–Kier alpha value is -3.93. The highest BCUT2D eigenvalue weighted by atomic mass is 16.3. The van der Waals surface area contributed by atoms with Gasteiger partial charge in [-0.3, -0.25) is 14.4 Å². The van der Waals surface area contributed by atoms with Crippen LogP contribution < -0.4 is 0 Å². The number of ketones is 3. The van der Waals surface area contributed by atoms with E-state index in [1.807, 2.05) is 6.92 Å². The van der Waals surface area contributed by atoms with Crippen molar-refractivity contribution < 1.29 is 29.7 Å². The zero-order valence-corrected chi connectivity index (χ0v) is 27.1. The second-order valence-electron chi connectivity index (χ2n) is 12.5. The summed E-state index contributed by atoms with van der Waals surface area (Å²) in [6, 6.07) is 19.9. The zero-order valence-electron chi connectivity index (χ0n) is 27.1. The van der Waals surface area contributed by atoms with E-state index >= 15 is 0 Å². The van der Waals surface area contributed by atoms with E-state index < -0.39 is 17.8 Å². The van der Waals surface area contributed by atoms with Gasteiger partial charge in [0.2, 0.25) is 0 Å². The fourth-order valence-electron chi connectivity index (χ4n) is 6.45. The Morgan fingerprint density at radius 3 is 1.42 bits per heavy atom. The van der Waals surface area contributed by atoms with Crippen molar-refractivity contribution in [2.75, 3.05) is 0 Å². The molecule has 0 saturated heterocycles. The fraction of sp³-hybridized carbons (Fsp3) is 0.462. The monoisotopic (exact) mass is 614 g/mol. The minimum Gasteiger partial charge on any atom is -0.508 e. The SMILES string of the molecule is CCCCCCC(=O)C(c1ccc(O)cc1)C(C(C)CC(=O)Cc1ccc(O)cc1)C(C(=O)CCCCC)c1ccc(O)cc1. The van der Waals surface area contributed by atoms with Crippen molar-refractivity contribution in [3.63, 3.8) is 0 Å². The number of aromatic hydroxyl groups is 3. The van der Waals surface area contributed by atoms with Crippen LogP contribution in [-0.2, 0) is 20.8 Å². The van der Waals surface area contributed by atoms with Crippen molar-refractivity contribution >= 4 is 17.3 Å². The van der Waals surface area contributed by atoms with Gasteiger partial charge in [-0.1, -0.05) is 89.3 Å². The standard InChI is InChI=1S/C39H50O6/c1-4-6-8-10-12-36(45)39(30-17-23-33(42)24-18-30)37(27(3)25-34(43)26-28-13-19-31(40)20-14-28)38(35(44)11-9-7-5-2)29-15-21-32(41)22-16-29/h13-24,27,37-42H,4-12,25-26H2,1-3H3. The molecular formula is C39H50O6. The number of Topliss-reactive ketones (excluding diaryl/α,β-unsaturated/α-hetero) is 3. The van der Waals surface area contributed by atoms with Gasteiger partial charge in [-0.15, -0.1) is 0 Å². The summed E-state index contributed by atoms with van der Waals surface area (Å²) in [6.45, 7) is 6.18. The molecule has 0 aliphatic rings. The van der Waals surface area contributed by atoms with Gasteiger partial charge in [0.05, 0.1) is 0 Å². The molecule has 0 saturated carbocycles. The Morgan fingerprint density at radius 1 is 0.578 bits per heavy atom. The van der Waals surface area contributed by atoms with Gasteiger partial charge in [-0.2, -0.15) is 0 Å². The maximum absolute atomic E-state index is 14.3. The lowest BCUT2D eigenvalue weighted by molar-refractivity contribution is -0.127. The normalized spacial score (nSPS) is 13.9. The number of carbonyl (C=O) groups is 3. The average Bonchev–Trinajstić information content (AvgIpc) is 3.01. The largest absolute Gasteiger partial charge is 0.508 e. The van der Waals surface area contributed by atoms with Gasteiger partial charge in [0, 0.05) is 37.5 Å². The second kappa shape index (κ2) is 18.1. The van der Waals surface area contributed by atoms with Crippen LogP contribution in [0.4, 0.5) is 0 Å². The summed E-state index contributed by atoms with van der Waals surface area (Å²) in [5.41, 5.74) is 2.23. The number of carbonyl (C=O) groups excluding carboxylic acids is 3. The molecule has 0 radical (unpaired) electrons. The van der Waals surface area contributed by atoms with Crippen molar-refractivity contribution in [2.24, 2.45) is 11.8 Å². The van der Waals surface area contributed by atoms with Crippen LogP contribution in [0.25, 0.3) is 0 Å². The molecule has 3 aromatic carbocycles. The molecule has 0 aromatic heterocycles. The quantitative estimate of drug-likeness (QED) is 0.110. The van der Waals surface area contributed by atoms with Gasteiger partial charge < -0.3 is 15.3 Å². The first-order valence-corrected chi connectivity index (χ1v) is 16.6. The molecule has 3 rings (SSSR count). The van der Waals surface area contributed by atoms with Gasteiger partial charge in [-0.25, -0.2) is 0 Å². The second-order valence-corrected chi connectivity index (χ2v) is 12.5. The van der Waals surface area contributed by atoms with Gasteiger partial charge in [-0.05, 0) is 77.8 Å². The number of hydrogen-bond acceptors (Lipinski definition) is 6. The van der Waals surface area contributed by atoms with E-state index in [4.69, 9.17) is 0 Å². The van der Waals surface area contributed by atoms with E-state index in [9.17, 15) is 29.7 Å². The van der Waals surface area contributed by atoms with E-state index in [1.165, 1.54) is 0 Å². The van der Waals surface area contributed by atoms with Crippen LogP contribution in [0.3, 0.4) is 0 Å². The van der Waals surface area contributed by atoms with Crippen LogP contribution in [0.5, 0.6) is 17.2 Å². The van der Waals surface area contributed by atoms with Gasteiger partial charge >= 0.3 is 0 Å². The molecule has 0 heterocycles. The summed E-state index contributed by atoms with van der Waals surface area (Å²) in [6.07, 6.45) is 7.46. The highest BCUT2D eigenvalue weighted by Crippen LogP contribution is 2.45. The number of phenolic OH excluding ortho intramolecular Hbond substituents is 3. The summed E-state index contributed by atoms with van der Waals surface area (Å²) in [5.74, 6) is -1.86. The van der Waals surface area contributed by atoms with Crippen LogP contribution in [0.15, 0.2) is 72.8 Å². The number of benzene rings is 3. The Balaban J connectivity index is 2.11. The molecule has 45 heavy (non-hydrogen) atoms. The van der Waals surface area contributed by atoms with Crippen LogP contribution in [0.2, 0.25) is 0 Å². The van der Waals surface area contributed by atoms with Gasteiger partial charge in [0.1, 0.15) is 34.6 Å². The van der Waals surface area contributed by atoms with E-state index in [0.29, 0.717) is 12.8 Å². The number of phenols is 3. The van der Waals surface area contributed by atoms with Crippen molar-refractivity contribution in [3.05, 3.63) is 89.5 Å². The third-order valence-electron chi connectivity index (χ3n) is 8.82. The average molecular weight is 615 g/mol. The first-order valence-electron chi connectivity index (χ1n) is 16.6. The van der Waals surface area contributed by atoms with Crippen LogP contribution in [0, 0.1) is 11.8 Å². The number of rotatable bonds is 20. The topological polar surface area (TPSA) is 112 Å². The lowest BCUT2D eigenvalue weighted by atomic mass is 9.64. The van der Waals surface area contributed by atoms with E-state index in [2.05, 4.69) is 13.8 Å². The lowest BCUT2D eigenvalue weighted by Crippen LogP contribution is -2.36. The Bertz CT molecular complexity index is 1340. The minimum atomic E-state index is -0.669. The van der Waals surface area contributed by atoms with Crippen LogP contribution in [0.1, 0.15) is 114 Å². The van der Waals surface area contributed by atoms with Crippen molar-refractivity contribution in [3.8, 4) is 17.2 Å². The van der Waals surface area contributed by atoms with Crippen molar-refractivity contribution in [2.45, 2.75) is 103 Å². The Morgan fingerprint density at radius 2 is 0.978 bits per heavy atom. The molecule has 6 nitrogen and oxygen atoms in total. The minimum absolute atomic E-state index is 0.0130. The molecule has 0 fully saturated rings. The van der Waals surface area contributed by atoms with Crippen molar-refractivity contribution in [1.29, 1.82) is 0 Å². The maximum atomic E-state index is 14.3. The molecule has 4 unspecified atom stereocenters. The third kappa shape index (κ3) is 10.9. The number of hydrogen-bond donors (Lipinski definition) is 3. The summed E-state index contributed by atoms with van der Waals surface area (Å²) in [4.78, 5) is 42.1. The first-order chi connectivity index (χ1) is 21.6. The summed E-state index contributed by atoms with van der Waals surface area (Å²) in [5, 5.41) is 29.9. The smallest absolute Gasteiger partial charge is 0.140 e. The highest BCUT2D eigenvalue weighted by molar-refractivity contribution is 5.91. The Kier molecular flexibility index (Phi) is 14.3. The van der Waals surface area contributed by atoms with Crippen LogP contribution in [-0.4, -0.2) is 32.7 Å². The lowest BCUT2D eigenvalue weighted by Gasteiger charge is -2.37. The van der Waals surface area contributed by atoms with E-state index in [1.54, 1.807) is 72.8 Å². The van der Waals surface area contributed by atoms with Crippen LogP contribution >= 0.6 is 0 Å². The predicted molar refractivity (Wildman–Crippen MR) is 179 cm³/mol. The first kappa shape index (κ1) is 35.5. The summed E-state index contributed by atoms with van der Waals surface area (Å²) in [7, 11) is 0. The van der Waals surface area contributed by atoms with E-state index in [0.717, 1.165) is 61.6 Å². The summed E-state index contributed by atoms with van der Waals surface area (Å²) >= 11 is 0. The molecule has 4 atom stereocenters. The van der Waals surface area contributed by atoms with Gasteiger partial charge in [0.25, 0.3) is 0 Å².